The third-order valence-electron chi connectivity index (χ3n) is 6.07. The molecule has 0 unspecified atom stereocenters. The van der Waals surface area contributed by atoms with Gasteiger partial charge in [0, 0.05) is 16.9 Å². The Kier molecular flexibility index (Phi) is 12.3. The Balaban J connectivity index is 1.72. The maximum absolute atomic E-state index is 11.8. The van der Waals surface area contributed by atoms with Gasteiger partial charge in [0.25, 0.3) is 0 Å². The van der Waals surface area contributed by atoms with Crippen molar-refractivity contribution in [2.24, 2.45) is 11.8 Å². The van der Waals surface area contributed by atoms with E-state index in [0.29, 0.717) is 17.2 Å². The van der Waals surface area contributed by atoms with Crippen molar-refractivity contribution in [2.75, 3.05) is 19.8 Å². The Morgan fingerprint density at radius 2 is 1.70 bits per heavy atom. The van der Waals surface area contributed by atoms with Crippen LogP contribution in [0.1, 0.15) is 78.8 Å². The summed E-state index contributed by atoms with van der Waals surface area (Å²) < 4.78 is 4.96. The van der Waals surface area contributed by atoms with Crippen molar-refractivity contribution in [3.63, 3.8) is 0 Å². The van der Waals surface area contributed by atoms with Gasteiger partial charge in [-0.25, -0.2) is 4.79 Å². The number of carbonyl (C=O) groups excluding carboxylic acids is 1. The van der Waals surface area contributed by atoms with E-state index in [1.165, 1.54) is 30.6 Å². The molecule has 0 aliphatic heterocycles. The highest BCUT2D eigenvalue weighted by atomic mass is 35.5. The van der Waals surface area contributed by atoms with Crippen molar-refractivity contribution < 1.29 is 24.9 Å². The molecular formula is C23H37ClO5S. The molecule has 172 valence electrons. The Morgan fingerprint density at radius 3 is 2.43 bits per heavy atom. The molecule has 0 aromatic carbocycles. The predicted molar refractivity (Wildman–Crippen MR) is 121 cm³/mol. The van der Waals surface area contributed by atoms with Crippen LogP contribution in [-0.2, 0) is 11.2 Å². The molecule has 0 radical (unpaired) electrons. The van der Waals surface area contributed by atoms with Crippen LogP contribution in [0.25, 0.3) is 0 Å². The number of hydrogen-bond donors (Lipinski definition) is 3. The van der Waals surface area contributed by atoms with E-state index in [2.05, 4.69) is 0 Å². The minimum absolute atomic E-state index is 0.0250. The fourth-order valence-corrected chi connectivity index (χ4v) is 5.92. The van der Waals surface area contributed by atoms with E-state index in [0.717, 1.165) is 49.8 Å². The van der Waals surface area contributed by atoms with E-state index in [4.69, 9.17) is 26.6 Å². The lowest BCUT2D eigenvalue weighted by atomic mass is 9.85. The molecule has 1 aromatic rings. The molecule has 1 aliphatic rings. The zero-order valence-electron chi connectivity index (χ0n) is 17.8. The average Bonchev–Trinajstić information content (AvgIpc) is 3.30. The molecule has 0 bridgehead atoms. The Labute approximate surface area is 189 Å². The number of thiophene rings is 1. The van der Waals surface area contributed by atoms with Gasteiger partial charge in [0.1, 0.15) is 11.5 Å². The van der Waals surface area contributed by atoms with Crippen LogP contribution < -0.4 is 0 Å². The van der Waals surface area contributed by atoms with Gasteiger partial charge < -0.3 is 20.1 Å². The number of carbonyl (C=O) groups is 1. The molecule has 30 heavy (non-hydrogen) atoms. The summed E-state index contributed by atoms with van der Waals surface area (Å²) in [5, 5.41) is 28.1. The van der Waals surface area contributed by atoms with Crippen molar-refractivity contribution in [2.45, 2.75) is 82.1 Å². The number of ether oxygens (including phenoxy) is 1. The first kappa shape index (κ1) is 25.6. The van der Waals surface area contributed by atoms with Crippen molar-refractivity contribution >= 4 is 28.9 Å². The number of hydrogen-bond acceptors (Lipinski definition) is 6. The molecule has 5 nitrogen and oxygen atoms in total. The summed E-state index contributed by atoms with van der Waals surface area (Å²) in [5.41, 5.74) is 0. The van der Waals surface area contributed by atoms with Crippen LogP contribution in [-0.4, -0.2) is 52.6 Å². The summed E-state index contributed by atoms with van der Waals surface area (Å²) in [6.07, 6.45) is 11.0. The largest absolute Gasteiger partial charge is 0.459 e. The van der Waals surface area contributed by atoms with Crippen molar-refractivity contribution in [1.82, 2.24) is 0 Å². The highest BCUT2D eigenvalue weighted by Gasteiger charge is 2.40. The van der Waals surface area contributed by atoms with Crippen LogP contribution in [0.2, 0.25) is 0 Å². The minimum Gasteiger partial charge on any atom is -0.459 e. The highest BCUT2D eigenvalue weighted by Crippen LogP contribution is 2.42. The van der Waals surface area contributed by atoms with E-state index in [9.17, 15) is 9.90 Å². The fraction of sp³-hybridized carbons (Fsp3) is 0.783. The highest BCUT2D eigenvalue weighted by molar-refractivity contribution is 7.13. The molecule has 0 spiro atoms. The fourth-order valence-electron chi connectivity index (χ4n) is 4.48. The van der Waals surface area contributed by atoms with Crippen LogP contribution >= 0.6 is 22.9 Å². The van der Waals surface area contributed by atoms with Crippen LogP contribution in [0.4, 0.5) is 0 Å². The summed E-state index contributed by atoms with van der Waals surface area (Å²) in [4.78, 5) is 13.6. The van der Waals surface area contributed by atoms with Gasteiger partial charge in [-0.3, -0.25) is 0 Å². The number of esters is 1. The van der Waals surface area contributed by atoms with Crippen molar-refractivity contribution in [3.05, 3.63) is 21.9 Å². The second-order valence-electron chi connectivity index (χ2n) is 8.30. The molecule has 1 fully saturated rings. The van der Waals surface area contributed by atoms with Gasteiger partial charge in [-0.2, -0.15) is 0 Å². The van der Waals surface area contributed by atoms with Gasteiger partial charge in [0.15, 0.2) is 0 Å². The summed E-state index contributed by atoms with van der Waals surface area (Å²) in [6.45, 7) is 0.145. The van der Waals surface area contributed by atoms with Crippen LogP contribution in [0.3, 0.4) is 0 Å². The van der Waals surface area contributed by atoms with E-state index >= 15 is 0 Å². The summed E-state index contributed by atoms with van der Waals surface area (Å²) in [5.74, 6) is 0.263. The topological polar surface area (TPSA) is 87.0 Å². The predicted octanol–water partition coefficient (Wildman–Crippen LogP) is 4.55. The van der Waals surface area contributed by atoms with Gasteiger partial charge in [-0.1, -0.05) is 32.1 Å². The molecular weight excluding hydrogens is 424 g/mol. The number of halogens is 1. The Hall–Kier alpha value is -0.660. The van der Waals surface area contributed by atoms with Crippen LogP contribution in [0.15, 0.2) is 12.1 Å². The Morgan fingerprint density at radius 1 is 1.00 bits per heavy atom. The smallest absolute Gasteiger partial charge is 0.348 e. The van der Waals surface area contributed by atoms with E-state index in [1.54, 1.807) is 6.07 Å². The third-order valence-corrected chi connectivity index (χ3v) is 7.70. The molecule has 1 saturated carbocycles. The molecule has 4 atom stereocenters. The van der Waals surface area contributed by atoms with E-state index in [-0.39, 0.29) is 43.2 Å². The number of aliphatic hydroxyl groups excluding tert-OH is 3. The van der Waals surface area contributed by atoms with Gasteiger partial charge >= 0.3 is 5.97 Å². The van der Waals surface area contributed by atoms with Crippen molar-refractivity contribution in [3.8, 4) is 0 Å². The quantitative estimate of drug-likeness (QED) is 0.203. The normalized spacial score (nSPS) is 23.7. The average molecular weight is 461 g/mol. The zero-order chi connectivity index (χ0) is 21.8. The van der Waals surface area contributed by atoms with Gasteiger partial charge in [0.2, 0.25) is 0 Å². The van der Waals surface area contributed by atoms with Gasteiger partial charge in [0.05, 0.1) is 12.7 Å². The lowest BCUT2D eigenvalue weighted by Gasteiger charge is -2.23. The SMILES string of the molecule is O=C(OCCO)c1ccc(CCC[C@@H]2[C@@H](CCCCCCCCO)[C@H](O)C[C@H]2Cl)s1. The first-order valence-corrected chi connectivity index (χ1v) is 12.6. The molecule has 0 saturated heterocycles. The summed E-state index contributed by atoms with van der Waals surface area (Å²) in [6, 6.07) is 3.75. The first-order valence-electron chi connectivity index (χ1n) is 11.4. The molecule has 7 heteroatoms. The van der Waals surface area contributed by atoms with Crippen LogP contribution in [0, 0.1) is 11.8 Å². The summed E-state index contributed by atoms with van der Waals surface area (Å²) >= 11 is 8.03. The number of unbranched alkanes of at least 4 members (excludes halogenated alkanes) is 5. The van der Waals surface area contributed by atoms with E-state index < -0.39 is 0 Å². The second kappa shape index (κ2) is 14.4. The maximum Gasteiger partial charge on any atom is 0.348 e. The standard InChI is InChI=1S/C23H37ClO5S/c24-20-16-21(27)19(9-5-3-1-2-4-6-13-25)18(20)10-7-8-17-11-12-22(30-17)23(28)29-15-14-26/h11-12,18-21,25-27H,1-10,13-16H2/t18-,19-,20-,21-/m1/s1. The van der Waals surface area contributed by atoms with Gasteiger partial charge in [-0.05, 0) is 62.5 Å². The van der Waals surface area contributed by atoms with Gasteiger partial charge in [-0.15, -0.1) is 22.9 Å². The molecule has 1 heterocycles. The van der Waals surface area contributed by atoms with Crippen molar-refractivity contribution in [1.29, 1.82) is 0 Å². The molecule has 3 N–H and O–H groups in total. The number of aryl methyl sites for hydroxylation is 1. The maximum atomic E-state index is 11.8. The molecule has 2 rings (SSSR count). The number of alkyl halides is 1. The second-order valence-corrected chi connectivity index (χ2v) is 10.0. The Bertz CT molecular complexity index is 608. The number of aliphatic hydroxyl groups is 3. The van der Waals surface area contributed by atoms with E-state index in [1.807, 2.05) is 6.07 Å². The summed E-state index contributed by atoms with van der Waals surface area (Å²) in [7, 11) is 0. The molecule has 0 amide bonds. The molecule has 1 aliphatic carbocycles. The number of rotatable bonds is 15. The third kappa shape index (κ3) is 8.46. The molecule has 1 aromatic heterocycles. The first-order chi connectivity index (χ1) is 14.6. The minimum atomic E-state index is -0.378. The lowest BCUT2D eigenvalue weighted by Crippen LogP contribution is -2.21. The monoisotopic (exact) mass is 460 g/mol. The lowest BCUT2D eigenvalue weighted by molar-refractivity contribution is 0.0439. The zero-order valence-corrected chi connectivity index (χ0v) is 19.4. The van der Waals surface area contributed by atoms with Crippen LogP contribution in [0.5, 0.6) is 0 Å².